The van der Waals surface area contributed by atoms with Crippen molar-refractivity contribution in [3.63, 3.8) is 0 Å². The molecule has 0 aliphatic carbocycles. The molecule has 0 N–H and O–H groups in total. The molecule has 2 atom stereocenters. The molecule has 5 aliphatic rings. The molecule has 4 saturated heterocycles. The molecule has 2 aromatic carbocycles. The first-order chi connectivity index (χ1) is 20.5. The third kappa shape index (κ3) is 4.17. The first-order valence-electron chi connectivity index (χ1n) is 15.4. The van der Waals surface area contributed by atoms with Crippen LogP contribution in [0.25, 0.3) is 10.8 Å². The average molecular weight is 585 g/mol. The van der Waals surface area contributed by atoms with Crippen LogP contribution in [0.15, 0.2) is 49.1 Å². The zero-order valence-corrected chi connectivity index (χ0v) is 24.7. The molecule has 1 amide bonds. The van der Waals surface area contributed by atoms with Crippen molar-refractivity contribution in [3.8, 4) is 6.01 Å². The fraction of sp³-hybridized carbons (Fsp3) is 0.485. The lowest BCUT2D eigenvalue weighted by atomic mass is 9.95. The Hall–Kier alpha value is -3.36. The molecule has 1 aromatic heterocycles. The predicted molar refractivity (Wildman–Crippen MR) is 165 cm³/mol. The molecule has 42 heavy (non-hydrogen) atoms. The third-order valence-corrected chi connectivity index (χ3v) is 10.8. The van der Waals surface area contributed by atoms with Gasteiger partial charge in [-0.2, -0.15) is 9.97 Å². The van der Waals surface area contributed by atoms with Gasteiger partial charge in [-0.15, -0.1) is 0 Å². The van der Waals surface area contributed by atoms with E-state index in [4.69, 9.17) is 26.3 Å². The van der Waals surface area contributed by atoms with Gasteiger partial charge in [0.15, 0.2) is 0 Å². The van der Waals surface area contributed by atoms with Crippen molar-refractivity contribution >= 4 is 39.8 Å². The van der Waals surface area contributed by atoms with Crippen molar-refractivity contribution in [1.29, 1.82) is 0 Å². The Bertz CT molecular complexity index is 1560. The fourth-order valence-electron chi connectivity index (χ4n) is 8.41. The van der Waals surface area contributed by atoms with E-state index < -0.39 is 0 Å². The highest BCUT2D eigenvalue weighted by Crippen LogP contribution is 2.42. The van der Waals surface area contributed by atoms with Gasteiger partial charge in [0, 0.05) is 36.3 Å². The summed E-state index contributed by atoms with van der Waals surface area (Å²) in [4.78, 5) is 32.1. The predicted octanol–water partition coefficient (Wildman–Crippen LogP) is 4.83. The minimum atomic E-state index is 0.0252. The summed E-state index contributed by atoms with van der Waals surface area (Å²) < 4.78 is 6.54. The van der Waals surface area contributed by atoms with Crippen molar-refractivity contribution in [2.45, 2.75) is 62.7 Å². The summed E-state index contributed by atoms with van der Waals surface area (Å²) in [6, 6.07) is 13.4. The lowest BCUT2D eigenvalue weighted by Gasteiger charge is -2.38. The molecule has 4 fully saturated rings. The molecule has 0 spiro atoms. The molecule has 5 aliphatic heterocycles. The van der Waals surface area contributed by atoms with Crippen LogP contribution in [0.2, 0.25) is 5.02 Å². The number of amides is 1. The Morgan fingerprint density at radius 3 is 2.64 bits per heavy atom. The minimum Gasteiger partial charge on any atom is -0.461 e. The van der Waals surface area contributed by atoms with E-state index in [1.54, 1.807) is 0 Å². The molecule has 0 unspecified atom stereocenters. The lowest BCUT2D eigenvalue weighted by Crippen LogP contribution is -2.49. The molecule has 218 valence electrons. The van der Waals surface area contributed by atoms with Crippen molar-refractivity contribution in [2.75, 3.05) is 49.1 Å². The van der Waals surface area contributed by atoms with Crippen molar-refractivity contribution in [3.05, 3.63) is 65.3 Å². The van der Waals surface area contributed by atoms with E-state index in [1.807, 2.05) is 17.0 Å². The Morgan fingerprint density at radius 1 is 1.07 bits per heavy atom. The van der Waals surface area contributed by atoms with Crippen LogP contribution >= 0.6 is 11.6 Å². The fourth-order valence-corrected chi connectivity index (χ4v) is 8.69. The maximum Gasteiger partial charge on any atom is 0.318 e. The highest BCUT2D eigenvalue weighted by Gasteiger charge is 2.47. The second kappa shape index (κ2) is 10.1. The summed E-state index contributed by atoms with van der Waals surface area (Å²) in [5.74, 6) is 1.02. The largest absolute Gasteiger partial charge is 0.461 e. The number of nitrogens with zero attached hydrogens (tertiary/aromatic N) is 6. The number of likely N-dealkylation sites (tertiary alicyclic amines) is 1. The highest BCUT2D eigenvalue weighted by atomic mass is 35.5. The van der Waals surface area contributed by atoms with Crippen molar-refractivity contribution in [2.24, 2.45) is 0 Å². The summed E-state index contributed by atoms with van der Waals surface area (Å²) in [5.41, 5.74) is 3.50. The van der Waals surface area contributed by atoms with Crippen LogP contribution in [0.5, 0.6) is 6.01 Å². The first kappa shape index (κ1) is 26.3. The van der Waals surface area contributed by atoms with Crippen molar-refractivity contribution < 1.29 is 9.53 Å². The SMILES string of the molecule is C=CC(=O)N1C[C@@H]2C[C@H]1CN2c1nc(OCC23CCCN2CCC3)nc2c1CCN(c1cccc3cccc(Cl)c13)C2. The van der Waals surface area contributed by atoms with Gasteiger partial charge in [0.05, 0.1) is 34.9 Å². The van der Waals surface area contributed by atoms with Gasteiger partial charge in [-0.05, 0) is 75.2 Å². The van der Waals surface area contributed by atoms with Gasteiger partial charge in [-0.1, -0.05) is 42.4 Å². The van der Waals surface area contributed by atoms with E-state index in [2.05, 4.69) is 45.5 Å². The molecular formula is C33H37ClN6O2. The number of rotatable bonds is 6. The number of ether oxygens (including phenoxy) is 1. The molecule has 0 saturated carbocycles. The van der Waals surface area contributed by atoms with Gasteiger partial charge in [0.2, 0.25) is 5.91 Å². The molecule has 2 bridgehead atoms. The summed E-state index contributed by atoms with van der Waals surface area (Å²) in [6.45, 7) is 9.71. The minimum absolute atomic E-state index is 0.0252. The smallest absolute Gasteiger partial charge is 0.318 e. The van der Waals surface area contributed by atoms with E-state index in [1.165, 1.54) is 50.4 Å². The number of anilines is 2. The van der Waals surface area contributed by atoms with Crippen molar-refractivity contribution in [1.82, 2.24) is 19.8 Å². The number of carbonyl (C=O) groups is 1. The van der Waals surface area contributed by atoms with E-state index in [0.29, 0.717) is 25.7 Å². The number of fused-ring (bicyclic) bond motifs is 5. The summed E-state index contributed by atoms with van der Waals surface area (Å²) in [6.07, 6.45) is 8.08. The van der Waals surface area contributed by atoms with Gasteiger partial charge in [0.1, 0.15) is 12.4 Å². The number of benzene rings is 2. The van der Waals surface area contributed by atoms with E-state index in [9.17, 15) is 4.79 Å². The van der Waals surface area contributed by atoms with Gasteiger partial charge < -0.3 is 19.4 Å². The summed E-state index contributed by atoms with van der Waals surface area (Å²) >= 11 is 6.73. The monoisotopic (exact) mass is 584 g/mol. The van der Waals surface area contributed by atoms with Crippen LogP contribution in [0.3, 0.4) is 0 Å². The number of halogens is 1. The highest BCUT2D eigenvalue weighted by molar-refractivity contribution is 6.36. The van der Waals surface area contributed by atoms with E-state index in [0.717, 1.165) is 58.9 Å². The third-order valence-electron chi connectivity index (χ3n) is 10.4. The Kier molecular flexibility index (Phi) is 6.34. The van der Waals surface area contributed by atoms with Gasteiger partial charge >= 0.3 is 6.01 Å². The standard InChI is InChI=1S/C33H37ClN6O2/c1-2-29(41)39-18-24-17-23(39)19-40(24)31-25-11-16-37(28-10-4-8-22-7-3-9-26(34)30(22)28)20-27(25)35-32(36-31)42-21-33-12-5-14-38(33)15-6-13-33/h2-4,7-10,23-24H,1,5-6,11-21H2/t23-,24-/m0/s1. The second-order valence-electron chi connectivity index (χ2n) is 12.6. The maximum absolute atomic E-state index is 12.4. The number of carbonyl (C=O) groups excluding carboxylic acids is 1. The summed E-state index contributed by atoms with van der Waals surface area (Å²) in [7, 11) is 0. The van der Waals surface area contributed by atoms with Crippen LogP contribution in [0.1, 0.15) is 43.4 Å². The van der Waals surface area contributed by atoms with Gasteiger partial charge in [-0.25, -0.2) is 0 Å². The van der Waals surface area contributed by atoms with Gasteiger partial charge in [0.25, 0.3) is 0 Å². The number of hydrogen-bond donors (Lipinski definition) is 0. The normalized spacial score (nSPS) is 24.4. The lowest BCUT2D eigenvalue weighted by molar-refractivity contribution is -0.127. The maximum atomic E-state index is 12.4. The van der Waals surface area contributed by atoms with Crippen LogP contribution in [-0.4, -0.2) is 82.6 Å². The molecule has 8 rings (SSSR count). The second-order valence-corrected chi connectivity index (χ2v) is 13.0. The molecular weight excluding hydrogens is 548 g/mol. The molecule has 8 nitrogen and oxygen atoms in total. The summed E-state index contributed by atoms with van der Waals surface area (Å²) in [5, 5.41) is 2.99. The number of piperazine rings is 1. The van der Waals surface area contributed by atoms with Crippen LogP contribution in [0.4, 0.5) is 11.5 Å². The molecule has 0 radical (unpaired) electrons. The van der Waals surface area contributed by atoms with Crippen LogP contribution < -0.4 is 14.5 Å². The van der Waals surface area contributed by atoms with E-state index >= 15 is 0 Å². The molecule has 9 heteroatoms. The first-order valence-corrected chi connectivity index (χ1v) is 15.8. The van der Waals surface area contributed by atoms with Gasteiger partial charge in [-0.3, -0.25) is 9.69 Å². The zero-order valence-electron chi connectivity index (χ0n) is 24.0. The number of aromatic nitrogens is 2. The van der Waals surface area contributed by atoms with Crippen LogP contribution in [0, 0.1) is 0 Å². The van der Waals surface area contributed by atoms with E-state index in [-0.39, 0.29) is 23.5 Å². The Labute approximate surface area is 251 Å². The Morgan fingerprint density at radius 2 is 1.88 bits per heavy atom. The zero-order chi connectivity index (χ0) is 28.4. The van der Waals surface area contributed by atoms with Crippen LogP contribution in [-0.2, 0) is 17.8 Å². The Balaban J connectivity index is 1.14. The quantitative estimate of drug-likeness (QED) is 0.385. The molecule has 3 aromatic rings. The average Bonchev–Trinajstić information content (AvgIpc) is 3.80. The molecule has 6 heterocycles. The topological polar surface area (TPSA) is 65.0 Å². The number of hydrogen-bond acceptors (Lipinski definition) is 7.